The summed E-state index contributed by atoms with van der Waals surface area (Å²) < 4.78 is 0. The fourth-order valence-electron chi connectivity index (χ4n) is 3.43. The van der Waals surface area contributed by atoms with Crippen LogP contribution in [0.3, 0.4) is 0 Å². The summed E-state index contributed by atoms with van der Waals surface area (Å²) in [6.45, 7) is 7.50. The van der Waals surface area contributed by atoms with Crippen LogP contribution in [0, 0.1) is 6.92 Å². The third kappa shape index (κ3) is 3.18. The molecule has 2 N–H and O–H groups in total. The minimum atomic E-state index is 0.262. The second-order valence-corrected chi connectivity index (χ2v) is 5.98. The Morgan fingerprint density at radius 1 is 1.21 bits per heavy atom. The predicted octanol–water partition coefficient (Wildman–Crippen LogP) is 3.48. The second kappa shape index (κ2) is 6.53. The third-order valence-electron chi connectivity index (χ3n) is 4.70. The van der Waals surface area contributed by atoms with Crippen molar-refractivity contribution in [1.82, 2.24) is 4.90 Å². The molecule has 1 fully saturated rings. The van der Waals surface area contributed by atoms with Gasteiger partial charge in [-0.15, -0.1) is 0 Å². The highest BCUT2D eigenvalue weighted by molar-refractivity contribution is 5.25. The number of nitrogens with zero attached hydrogens (tertiary/aromatic N) is 1. The van der Waals surface area contributed by atoms with Gasteiger partial charge < -0.3 is 5.73 Å². The summed E-state index contributed by atoms with van der Waals surface area (Å²) in [6.07, 6.45) is 6.43. The van der Waals surface area contributed by atoms with Crippen molar-refractivity contribution in [3.63, 3.8) is 0 Å². The molecule has 0 spiro atoms. The summed E-state index contributed by atoms with van der Waals surface area (Å²) in [7, 11) is 0. The van der Waals surface area contributed by atoms with Gasteiger partial charge in [-0.1, -0.05) is 44.0 Å². The molecule has 0 heterocycles. The number of nitrogens with two attached hydrogens (primary N) is 1. The SMILES string of the molecule is CCCN(Cc1ccccc1C)C1(CN)CCCC1. The van der Waals surface area contributed by atoms with E-state index in [4.69, 9.17) is 5.73 Å². The molecule has 0 bridgehead atoms. The van der Waals surface area contributed by atoms with Crippen LogP contribution < -0.4 is 5.73 Å². The lowest BCUT2D eigenvalue weighted by atomic mass is 9.93. The van der Waals surface area contributed by atoms with Crippen LogP contribution in [0.1, 0.15) is 50.2 Å². The van der Waals surface area contributed by atoms with Gasteiger partial charge in [-0.2, -0.15) is 0 Å². The molecule has 1 aromatic carbocycles. The minimum absolute atomic E-state index is 0.262. The zero-order valence-corrected chi connectivity index (χ0v) is 12.5. The maximum absolute atomic E-state index is 6.15. The van der Waals surface area contributed by atoms with Gasteiger partial charge in [0, 0.05) is 18.6 Å². The summed E-state index contributed by atoms with van der Waals surface area (Å²) >= 11 is 0. The zero-order chi connectivity index (χ0) is 13.7. The molecule has 19 heavy (non-hydrogen) atoms. The highest BCUT2D eigenvalue weighted by Gasteiger charge is 2.37. The summed E-state index contributed by atoms with van der Waals surface area (Å²) in [5.74, 6) is 0. The Kier molecular flexibility index (Phi) is 5.00. The molecule has 1 saturated carbocycles. The van der Waals surface area contributed by atoms with Crippen LogP contribution in [0.4, 0.5) is 0 Å². The van der Waals surface area contributed by atoms with Crippen molar-refractivity contribution >= 4 is 0 Å². The third-order valence-corrected chi connectivity index (χ3v) is 4.70. The minimum Gasteiger partial charge on any atom is -0.329 e. The molecule has 0 aliphatic heterocycles. The number of hydrogen-bond acceptors (Lipinski definition) is 2. The van der Waals surface area contributed by atoms with Crippen LogP contribution in [0.5, 0.6) is 0 Å². The van der Waals surface area contributed by atoms with Gasteiger partial charge in [-0.05, 0) is 43.9 Å². The molecule has 0 aromatic heterocycles. The first-order chi connectivity index (χ1) is 9.22. The van der Waals surface area contributed by atoms with Crippen molar-refractivity contribution in [3.05, 3.63) is 35.4 Å². The fraction of sp³-hybridized carbons (Fsp3) is 0.647. The van der Waals surface area contributed by atoms with Crippen LogP contribution in [0.25, 0.3) is 0 Å². The Morgan fingerprint density at radius 3 is 2.47 bits per heavy atom. The number of aryl methyl sites for hydroxylation is 1. The summed E-state index contributed by atoms with van der Waals surface area (Å²) in [4.78, 5) is 2.66. The first-order valence-corrected chi connectivity index (χ1v) is 7.71. The van der Waals surface area contributed by atoms with Gasteiger partial charge in [-0.25, -0.2) is 0 Å². The number of hydrogen-bond donors (Lipinski definition) is 1. The van der Waals surface area contributed by atoms with Gasteiger partial charge >= 0.3 is 0 Å². The van der Waals surface area contributed by atoms with Crippen LogP contribution >= 0.6 is 0 Å². The van der Waals surface area contributed by atoms with Crippen LogP contribution in [0.15, 0.2) is 24.3 Å². The van der Waals surface area contributed by atoms with Crippen molar-refractivity contribution in [2.24, 2.45) is 5.73 Å². The number of rotatable bonds is 6. The Morgan fingerprint density at radius 2 is 1.89 bits per heavy atom. The molecule has 2 rings (SSSR count). The lowest BCUT2D eigenvalue weighted by Crippen LogP contribution is -2.51. The molecular weight excluding hydrogens is 232 g/mol. The van der Waals surface area contributed by atoms with Crippen molar-refractivity contribution in [2.45, 2.75) is 58.0 Å². The first kappa shape index (κ1) is 14.5. The maximum Gasteiger partial charge on any atom is 0.0335 e. The van der Waals surface area contributed by atoms with E-state index in [1.165, 1.54) is 43.2 Å². The molecule has 0 atom stereocenters. The monoisotopic (exact) mass is 260 g/mol. The highest BCUT2D eigenvalue weighted by Crippen LogP contribution is 2.35. The van der Waals surface area contributed by atoms with Crippen LogP contribution in [-0.4, -0.2) is 23.5 Å². The van der Waals surface area contributed by atoms with E-state index in [0.717, 1.165) is 19.6 Å². The fourth-order valence-corrected chi connectivity index (χ4v) is 3.43. The van der Waals surface area contributed by atoms with Gasteiger partial charge in [0.05, 0.1) is 0 Å². The van der Waals surface area contributed by atoms with Crippen molar-refractivity contribution < 1.29 is 0 Å². The Balaban J connectivity index is 2.18. The summed E-state index contributed by atoms with van der Waals surface area (Å²) in [6, 6.07) is 8.74. The standard InChI is InChI=1S/C17H28N2/c1-3-12-19(17(14-18)10-6-7-11-17)13-16-9-5-4-8-15(16)2/h4-5,8-9H,3,6-7,10-14,18H2,1-2H3. The van der Waals surface area contributed by atoms with Gasteiger partial charge in [-0.3, -0.25) is 4.90 Å². The van der Waals surface area contributed by atoms with E-state index in [0.29, 0.717) is 0 Å². The van der Waals surface area contributed by atoms with Crippen molar-refractivity contribution in [1.29, 1.82) is 0 Å². The van der Waals surface area contributed by atoms with E-state index in [2.05, 4.69) is 43.0 Å². The smallest absolute Gasteiger partial charge is 0.0335 e. The topological polar surface area (TPSA) is 29.3 Å². The van der Waals surface area contributed by atoms with Crippen LogP contribution in [0.2, 0.25) is 0 Å². The van der Waals surface area contributed by atoms with E-state index < -0.39 is 0 Å². The van der Waals surface area contributed by atoms with E-state index in [1.807, 2.05) is 0 Å². The largest absolute Gasteiger partial charge is 0.329 e. The average Bonchev–Trinajstić information content (AvgIpc) is 2.90. The highest BCUT2D eigenvalue weighted by atomic mass is 15.2. The van der Waals surface area contributed by atoms with E-state index >= 15 is 0 Å². The zero-order valence-electron chi connectivity index (χ0n) is 12.5. The van der Waals surface area contributed by atoms with E-state index in [-0.39, 0.29) is 5.54 Å². The molecule has 0 radical (unpaired) electrons. The van der Waals surface area contributed by atoms with E-state index in [1.54, 1.807) is 0 Å². The molecule has 0 amide bonds. The molecule has 1 aromatic rings. The van der Waals surface area contributed by atoms with Gasteiger partial charge in [0.2, 0.25) is 0 Å². The molecule has 1 aliphatic carbocycles. The Bertz CT molecular complexity index is 394. The van der Waals surface area contributed by atoms with Gasteiger partial charge in [0.1, 0.15) is 0 Å². The molecular formula is C17H28N2. The predicted molar refractivity (Wildman–Crippen MR) is 82.1 cm³/mol. The van der Waals surface area contributed by atoms with Gasteiger partial charge in [0.15, 0.2) is 0 Å². The van der Waals surface area contributed by atoms with E-state index in [9.17, 15) is 0 Å². The number of benzene rings is 1. The molecule has 1 aliphatic rings. The maximum atomic E-state index is 6.15. The molecule has 0 saturated heterocycles. The lowest BCUT2D eigenvalue weighted by Gasteiger charge is -2.41. The normalized spacial score (nSPS) is 18.1. The van der Waals surface area contributed by atoms with Crippen molar-refractivity contribution in [3.8, 4) is 0 Å². The second-order valence-electron chi connectivity index (χ2n) is 5.98. The molecule has 106 valence electrons. The Labute approximate surface area is 118 Å². The molecule has 2 heteroatoms. The quantitative estimate of drug-likeness (QED) is 0.848. The van der Waals surface area contributed by atoms with Crippen molar-refractivity contribution in [2.75, 3.05) is 13.1 Å². The molecule has 2 nitrogen and oxygen atoms in total. The Hall–Kier alpha value is -0.860. The average molecular weight is 260 g/mol. The molecule has 0 unspecified atom stereocenters. The summed E-state index contributed by atoms with van der Waals surface area (Å²) in [5.41, 5.74) is 9.26. The van der Waals surface area contributed by atoms with Crippen LogP contribution in [-0.2, 0) is 6.54 Å². The van der Waals surface area contributed by atoms with Gasteiger partial charge in [0.25, 0.3) is 0 Å². The lowest BCUT2D eigenvalue weighted by molar-refractivity contribution is 0.0902. The summed E-state index contributed by atoms with van der Waals surface area (Å²) in [5, 5.41) is 0. The first-order valence-electron chi connectivity index (χ1n) is 7.71.